The summed E-state index contributed by atoms with van der Waals surface area (Å²) in [5, 5.41) is 8.50. The average molecular weight is 166 g/mol. The first-order valence-corrected chi connectivity index (χ1v) is 3.77. The summed E-state index contributed by atoms with van der Waals surface area (Å²) in [6, 6.07) is 0. The van der Waals surface area contributed by atoms with Gasteiger partial charge >= 0.3 is 5.97 Å². The van der Waals surface area contributed by atoms with Gasteiger partial charge in [-0.3, -0.25) is 0 Å². The number of carboxylic acid groups (broad SMARTS) is 1. The second-order valence-corrected chi connectivity index (χ2v) is 2.58. The van der Waals surface area contributed by atoms with Crippen LogP contribution in [-0.2, 0) is 4.79 Å². The van der Waals surface area contributed by atoms with Crippen molar-refractivity contribution in [2.24, 2.45) is 0 Å². The number of hydrogen-bond donors (Lipinski definition) is 1. The summed E-state index contributed by atoms with van der Waals surface area (Å²) in [6.45, 7) is 7.10. The van der Waals surface area contributed by atoms with Crippen LogP contribution in [0, 0.1) is 0 Å². The molecule has 1 N–H and O–H groups in total. The van der Waals surface area contributed by atoms with Gasteiger partial charge in [-0.15, -0.1) is 0 Å². The molecule has 0 heterocycles. The molecule has 0 bridgehead atoms. The molecule has 0 atom stereocenters. The van der Waals surface area contributed by atoms with Crippen molar-refractivity contribution in [1.82, 2.24) is 0 Å². The molecule has 0 saturated heterocycles. The Balaban J connectivity index is 4.06. The van der Waals surface area contributed by atoms with Crippen LogP contribution in [-0.4, -0.2) is 11.1 Å². The summed E-state index contributed by atoms with van der Waals surface area (Å²) >= 11 is 0. The monoisotopic (exact) mass is 166 g/mol. The minimum absolute atomic E-state index is 0.378. The summed E-state index contributed by atoms with van der Waals surface area (Å²) in [4.78, 5) is 10.3. The lowest BCUT2D eigenvalue weighted by molar-refractivity contribution is -0.132. The number of carbonyl (C=O) groups is 1. The molecule has 0 spiro atoms. The Kier molecular flexibility index (Phi) is 4.77. The molecule has 0 fully saturated rings. The Hall–Kier alpha value is -1.31. The fraction of sp³-hybridized carbons (Fsp3) is 0.300. The van der Waals surface area contributed by atoms with E-state index >= 15 is 0 Å². The zero-order chi connectivity index (χ0) is 9.56. The first kappa shape index (κ1) is 10.7. The van der Waals surface area contributed by atoms with Crippen molar-refractivity contribution < 1.29 is 9.90 Å². The summed E-state index contributed by atoms with van der Waals surface area (Å²) in [6.07, 6.45) is 5.99. The molecule has 66 valence electrons. The SMILES string of the molecule is C=CC(C)=CCC=C(C)C(=O)O. The van der Waals surface area contributed by atoms with Crippen molar-refractivity contribution in [3.05, 3.63) is 36.0 Å². The molecular weight excluding hydrogens is 152 g/mol. The number of carboxylic acids is 1. The summed E-state index contributed by atoms with van der Waals surface area (Å²) in [5.74, 6) is -0.861. The van der Waals surface area contributed by atoms with Gasteiger partial charge in [-0.2, -0.15) is 0 Å². The largest absolute Gasteiger partial charge is 0.478 e. The van der Waals surface area contributed by atoms with Gasteiger partial charge in [0, 0.05) is 5.57 Å². The third-order valence-corrected chi connectivity index (χ3v) is 1.52. The predicted octanol–water partition coefficient (Wildman–Crippen LogP) is 2.54. The minimum atomic E-state index is -0.861. The van der Waals surface area contributed by atoms with Gasteiger partial charge in [0.05, 0.1) is 0 Å². The molecule has 0 rings (SSSR count). The van der Waals surface area contributed by atoms with E-state index in [1.54, 1.807) is 19.1 Å². The fourth-order valence-electron chi connectivity index (χ4n) is 0.592. The van der Waals surface area contributed by atoms with Crippen molar-refractivity contribution in [3.63, 3.8) is 0 Å². The van der Waals surface area contributed by atoms with Gasteiger partial charge in [0.25, 0.3) is 0 Å². The lowest BCUT2D eigenvalue weighted by Gasteiger charge is -1.91. The Labute approximate surface area is 72.9 Å². The Morgan fingerprint density at radius 1 is 1.42 bits per heavy atom. The van der Waals surface area contributed by atoms with Crippen molar-refractivity contribution in [1.29, 1.82) is 0 Å². The van der Waals surface area contributed by atoms with Crippen LogP contribution in [0.3, 0.4) is 0 Å². The molecule has 0 amide bonds. The average Bonchev–Trinajstić information content (AvgIpc) is 2.03. The molecule has 0 aliphatic rings. The quantitative estimate of drug-likeness (QED) is 0.514. The minimum Gasteiger partial charge on any atom is -0.478 e. The van der Waals surface area contributed by atoms with E-state index in [4.69, 9.17) is 5.11 Å². The standard InChI is InChI=1S/C10H14O2/c1-4-8(2)6-5-7-9(3)10(11)12/h4,6-7H,1,5H2,2-3H3,(H,11,12). The number of rotatable bonds is 4. The smallest absolute Gasteiger partial charge is 0.330 e. The van der Waals surface area contributed by atoms with Crippen LogP contribution in [0.1, 0.15) is 20.3 Å². The fourth-order valence-corrected chi connectivity index (χ4v) is 0.592. The maximum absolute atomic E-state index is 10.3. The Morgan fingerprint density at radius 2 is 2.00 bits per heavy atom. The van der Waals surface area contributed by atoms with E-state index in [-0.39, 0.29) is 0 Å². The first-order chi connectivity index (χ1) is 5.57. The number of hydrogen-bond acceptors (Lipinski definition) is 1. The zero-order valence-corrected chi connectivity index (χ0v) is 7.50. The molecule has 0 radical (unpaired) electrons. The van der Waals surface area contributed by atoms with E-state index in [0.717, 1.165) is 5.57 Å². The van der Waals surface area contributed by atoms with Crippen molar-refractivity contribution in [2.75, 3.05) is 0 Å². The summed E-state index contributed by atoms with van der Waals surface area (Å²) in [7, 11) is 0. The second-order valence-electron chi connectivity index (χ2n) is 2.58. The molecule has 0 aromatic carbocycles. The highest BCUT2D eigenvalue weighted by atomic mass is 16.4. The maximum atomic E-state index is 10.3. The van der Waals surface area contributed by atoms with E-state index < -0.39 is 5.97 Å². The van der Waals surface area contributed by atoms with Gasteiger partial charge in [0.2, 0.25) is 0 Å². The summed E-state index contributed by atoms with van der Waals surface area (Å²) < 4.78 is 0. The van der Waals surface area contributed by atoms with Crippen molar-refractivity contribution in [3.8, 4) is 0 Å². The highest BCUT2D eigenvalue weighted by Crippen LogP contribution is 2.00. The topological polar surface area (TPSA) is 37.3 Å². The normalized spacial score (nSPS) is 12.8. The molecule has 2 nitrogen and oxygen atoms in total. The molecule has 0 saturated carbocycles. The van der Waals surface area contributed by atoms with E-state index in [1.165, 1.54) is 0 Å². The Morgan fingerprint density at radius 3 is 2.42 bits per heavy atom. The second kappa shape index (κ2) is 5.35. The van der Waals surface area contributed by atoms with Crippen LogP contribution in [0.15, 0.2) is 36.0 Å². The predicted molar refractivity (Wildman–Crippen MR) is 50.0 cm³/mol. The van der Waals surface area contributed by atoms with Gasteiger partial charge in [-0.1, -0.05) is 30.4 Å². The summed E-state index contributed by atoms with van der Waals surface area (Å²) in [5.41, 5.74) is 1.44. The van der Waals surface area contributed by atoms with Crippen LogP contribution in [0.4, 0.5) is 0 Å². The van der Waals surface area contributed by atoms with E-state index in [2.05, 4.69) is 6.58 Å². The Bertz CT molecular complexity index is 234. The molecule has 0 aromatic rings. The van der Waals surface area contributed by atoms with Crippen LogP contribution < -0.4 is 0 Å². The lowest BCUT2D eigenvalue weighted by Crippen LogP contribution is -1.95. The van der Waals surface area contributed by atoms with Gasteiger partial charge in [-0.25, -0.2) is 4.79 Å². The van der Waals surface area contributed by atoms with Crippen molar-refractivity contribution >= 4 is 5.97 Å². The van der Waals surface area contributed by atoms with Crippen molar-refractivity contribution in [2.45, 2.75) is 20.3 Å². The first-order valence-electron chi connectivity index (χ1n) is 3.77. The molecular formula is C10H14O2. The zero-order valence-electron chi connectivity index (χ0n) is 7.50. The third kappa shape index (κ3) is 4.50. The highest BCUT2D eigenvalue weighted by Gasteiger charge is 1.96. The molecule has 0 aliphatic carbocycles. The molecule has 2 heteroatoms. The van der Waals surface area contributed by atoms with Gasteiger partial charge < -0.3 is 5.11 Å². The van der Waals surface area contributed by atoms with Crippen LogP contribution in [0.25, 0.3) is 0 Å². The molecule has 0 aliphatic heterocycles. The van der Waals surface area contributed by atoms with Gasteiger partial charge in [0.1, 0.15) is 0 Å². The number of allylic oxidation sites excluding steroid dienone is 4. The third-order valence-electron chi connectivity index (χ3n) is 1.52. The van der Waals surface area contributed by atoms with Crippen LogP contribution in [0.2, 0.25) is 0 Å². The maximum Gasteiger partial charge on any atom is 0.330 e. The highest BCUT2D eigenvalue weighted by molar-refractivity contribution is 5.85. The molecule has 0 aromatic heterocycles. The number of aliphatic carboxylic acids is 1. The van der Waals surface area contributed by atoms with Crippen LogP contribution in [0.5, 0.6) is 0 Å². The van der Waals surface area contributed by atoms with Gasteiger partial charge in [0.15, 0.2) is 0 Å². The van der Waals surface area contributed by atoms with Gasteiger partial charge in [-0.05, 0) is 20.3 Å². The molecule has 12 heavy (non-hydrogen) atoms. The van der Waals surface area contributed by atoms with E-state index in [1.807, 2.05) is 13.0 Å². The van der Waals surface area contributed by atoms with E-state index in [0.29, 0.717) is 12.0 Å². The molecule has 0 unspecified atom stereocenters. The van der Waals surface area contributed by atoms with E-state index in [9.17, 15) is 4.79 Å². The van der Waals surface area contributed by atoms with Crippen LogP contribution >= 0.6 is 0 Å². The lowest BCUT2D eigenvalue weighted by atomic mass is 10.2.